The third-order valence-corrected chi connectivity index (χ3v) is 4.57. The summed E-state index contributed by atoms with van der Waals surface area (Å²) >= 11 is 1.26. The van der Waals surface area contributed by atoms with Crippen molar-refractivity contribution in [2.75, 3.05) is 6.61 Å². The zero-order chi connectivity index (χ0) is 18.4. The van der Waals surface area contributed by atoms with Crippen LogP contribution in [-0.2, 0) is 4.79 Å². The van der Waals surface area contributed by atoms with Crippen LogP contribution in [0.3, 0.4) is 0 Å². The van der Waals surface area contributed by atoms with Crippen molar-refractivity contribution in [3.8, 4) is 16.2 Å². The molecule has 4 N–H and O–H groups in total. The van der Waals surface area contributed by atoms with E-state index in [2.05, 4.69) is 5.32 Å². The van der Waals surface area contributed by atoms with Crippen LogP contribution in [0.5, 0.6) is 5.75 Å². The number of thiophene rings is 1. The van der Waals surface area contributed by atoms with Crippen LogP contribution in [-0.4, -0.2) is 40.9 Å². The first-order valence-electron chi connectivity index (χ1n) is 7.72. The van der Waals surface area contributed by atoms with Gasteiger partial charge in [-0.25, -0.2) is 5.48 Å². The molecule has 0 radical (unpaired) electrons. The molecule has 1 aromatic heterocycles. The molecule has 142 valence electrons. The molecular formula is C18H24N2O5S. The van der Waals surface area contributed by atoms with Crippen molar-refractivity contribution in [3.63, 3.8) is 0 Å². The molecule has 0 saturated heterocycles. The molecule has 1 heterocycles. The Kier molecular flexibility index (Phi) is 8.24. The number of aliphatic hydroxyl groups is 1. The van der Waals surface area contributed by atoms with E-state index in [1.54, 1.807) is 12.1 Å². The van der Waals surface area contributed by atoms with Gasteiger partial charge in [0, 0.05) is 4.88 Å². The summed E-state index contributed by atoms with van der Waals surface area (Å²) in [6.07, 6.45) is -1.15. The van der Waals surface area contributed by atoms with Gasteiger partial charge in [-0.05, 0) is 55.8 Å². The van der Waals surface area contributed by atoms with Crippen molar-refractivity contribution in [3.05, 3.63) is 41.3 Å². The Bertz CT molecular complexity index is 727. The lowest BCUT2D eigenvalue weighted by Crippen LogP contribution is -2.51. The van der Waals surface area contributed by atoms with Crippen molar-refractivity contribution in [2.24, 2.45) is 0 Å². The van der Waals surface area contributed by atoms with Crippen molar-refractivity contribution >= 4 is 23.2 Å². The fraction of sp³-hybridized carbons (Fsp3) is 0.333. The molecule has 2 rings (SSSR count). The highest BCUT2D eigenvalue weighted by Crippen LogP contribution is 2.29. The second-order valence-corrected chi connectivity index (χ2v) is 6.37. The number of hydroxylamine groups is 1. The first kappa shape index (κ1) is 21.6. The molecule has 0 aliphatic rings. The molecule has 1 aromatic carbocycles. The largest absolute Gasteiger partial charge is 0.494 e. The third kappa shape index (κ3) is 5.29. The summed E-state index contributed by atoms with van der Waals surface area (Å²) in [5.74, 6) is -0.612. The maximum Gasteiger partial charge on any atom is 0.268 e. The summed E-state index contributed by atoms with van der Waals surface area (Å²) in [6, 6.07) is 9.71. The van der Waals surface area contributed by atoms with Crippen LogP contribution in [0.4, 0.5) is 0 Å². The SMILES string of the molecule is C.CCOc1ccc(-c2ccc(C(=O)N[C@H](C(=O)NO)[C@@H](C)O)s2)cc1. The van der Waals surface area contributed by atoms with Crippen molar-refractivity contribution < 1.29 is 24.6 Å². The molecule has 0 unspecified atom stereocenters. The Morgan fingerprint density at radius 3 is 2.38 bits per heavy atom. The molecule has 0 aliphatic heterocycles. The molecular weight excluding hydrogens is 356 g/mol. The lowest BCUT2D eigenvalue weighted by molar-refractivity contribution is -0.133. The van der Waals surface area contributed by atoms with Gasteiger partial charge in [-0.3, -0.25) is 14.8 Å². The summed E-state index contributed by atoms with van der Waals surface area (Å²) in [6.45, 7) is 3.85. The van der Waals surface area contributed by atoms with Gasteiger partial charge in [-0.15, -0.1) is 11.3 Å². The van der Waals surface area contributed by atoms with E-state index in [0.29, 0.717) is 11.5 Å². The number of carbonyl (C=O) groups excluding carboxylic acids is 2. The summed E-state index contributed by atoms with van der Waals surface area (Å²) in [5, 5.41) is 20.7. The molecule has 2 amide bonds. The number of nitrogens with one attached hydrogen (secondary N) is 2. The number of carbonyl (C=O) groups is 2. The monoisotopic (exact) mass is 380 g/mol. The first-order chi connectivity index (χ1) is 12.0. The highest BCUT2D eigenvalue weighted by molar-refractivity contribution is 7.17. The first-order valence-corrected chi connectivity index (χ1v) is 8.53. The minimum absolute atomic E-state index is 0. The van der Waals surface area contributed by atoms with Gasteiger partial charge in [0.05, 0.1) is 17.6 Å². The van der Waals surface area contributed by atoms with Gasteiger partial charge >= 0.3 is 0 Å². The lowest BCUT2D eigenvalue weighted by Gasteiger charge is -2.18. The van der Waals surface area contributed by atoms with E-state index in [0.717, 1.165) is 16.2 Å². The molecule has 0 bridgehead atoms. The van der Waals surface area contributed by atoms with E-state index in [1.165, 1.54) is 23.7 Å². The quantitative estimate of drug-likeness (QED) is 0.436. The fourth-order valence-corrected chi connectivity index (χ4v) is 3.10. The number of rotatable bonds is 7. The number of ether oxygens (including phenoxy) is 1. The zero-order valence-electron chi connectivity index (χ0n) is 13.9. The molecule has 26 heavy (non-hydrogen) atoms. The topological polar surface area (TPSA) is 108 Å². The van der Waals surface area contributed by atoms with Crippen LogP contribution < -0.4 is 15.5 Å². The number of hydrogen-bond acceptors (Lipinski definition) is 6. The molecule has 7 nitrogen and oxygen atoms in total. The van der Waals surface area contributed by atoms with Crippen molar-refractivity contribution in [2.45, 2.75) is 33.4 Å². The summed E-state index contributed by atoms with van der Waals surface area (Å²) < 4.78 is 5.40. The molecule has 2 aromatic rings. The Labute approximate surface area is 156 Å². The van der Waals surface area contributed by atoms with Gasteiger partial charge in [0.2, 0.25) is 0 Å². The van der Waals surface area contributed by atoms with E-state index < -0.39 is 24.0 Å². The maximum absolute atomic E-state index is 12.3. The maximum atomic E-state index is 12.3. The zero-order valence-corrected chi connectivity index (χ0v) is 14.7. The Morgan fingerprint density at radius 2 is 1.85 bits per heavy atom. The molecule has 0 saturated carbocycles. The van der Waals surface area contributed by atoms with E-state index >= 15 is 0 Å². The second-order valence-electron chi connectivity index (χ2n) is 5.29. The van der Waals surface area contributed by atoms with Crippen molar-refractivity contribution in [1.82, 2.24) is 10.8 Å². The normalized spacial score (nSPS) is 12.5. The number of aliphatic hydroxyl groups excluding tert-OH is 1. The van der Waals surface area contributed by atoms with E-state index in [4.69, 9.17) is 9.94 Å². The number of hydrogen-bond donors (Lipinski definition) is 4. The molecule has 0 fully saturated rings. The van der Waals surface area contributed by atoms with Gasteiger partial charge in [0.15, 0.2) is 0 Å². The molecule has 0 aliphatic carbocycles. The van der Waals surface area contributed by atoms with Crippen LogP contribution in [0.1, 0.15) is 30.9 Å². The second kappa shape index (κ2) is 9.91. The van der Waals surface area contributed by atoms with Gasteiger partial charge in [-0.2, -0.15) is 0 Å². The number of benzene rings is 1. The van der Waals surface area contributed by atoms with Gasteiger partial charge in [-0.1, -0.05) is 7.43 Å². The molecule has 8 heteroatoms. The molecule has 2 atom stereocenters. The van der Waals surface area contributed by atoms with Crippen LogP contribution >= 0.6 is 11.3 Å². The average molecular weight is 380 g/mol. The van der Waals surface area contributed by atoms with Gasteiger partial charge in [0.25, 0.3) is 11.8 Å². The molecule has 0 spiro atoms. The predicted octanol–water partition coefficient (Wildman–Crippen LogP) is 2.43. The predicted molar refractivity (Wildman–Crippen MR) is 101 cm³/mol. The standard InChI is InChI=1S/C17H20N2O5S.CH4/c1-3-24-12-6-4-11(5-7-12)13-8-9-14(25-13)16(21)18-15(10(2)20)17(22)19-23;/h4-10,15,20,23H,3H2,1-2H3,(H,18,21)(H,19,22);1H4/t10-,15+;/m1./s1. The van der Waals surface area contributed by atoms with Crippen LogP contribution in [0.2, 0.25) is 0 Å². The summed E-state index contributed by atoms with van der Waals surface area (Å²) in [5.41, 5.74) is 2.37. The van der Waals surface area contributed by atoms with Crippen LogP contribution in [0, 0.1) is 0 Å². The minimum Gasteiger partial charge on any atom is -0.494 e. The summed E-state index contributed by atoms with van der Waals surface area (Å²) in [4.78, 5) is 25.0. The Morgan fingerprint density at radius 1 is 1.19 bits per heavy atom. The third-order valence-electron chi connectivity index (χ3n) is 3.44. The summed E-state index contributed by atoms with van der Waals surface area (Å²) in [7, 11) is 0. The van der Waals surface area contributed by atoms with Gasteiger partial charge in [0.1, 0.15) is 11.8 Å². The van der Waals surface area contributed by atoms with Crippen LogP contribution in [0.25, 0.3) is 10.4 Å². The van der Waals surface area contributed by atoms with Crippen molar-refractivity contribution in [1.29, 1.82) is 0 Å². The van der Waals surface area contributed by atoms with Crippen LogP contribution in [0.15, 0.2) is 36.4 Å². The Balaban J connectivity index is 0.00000338. The van der Waals surface area contributed by atoms with E-state index in [1.807, 2.05) is 31.2 Å². The Hall–Kier alpha value is -2.42. The van der Waals surface area contributed by atoms with E-state index in [-0.39, 0.29) is 7.43 Å². The fourth-order valence-electron chi connectivity index (χ4n) is 2.18. The van der Waals surface area contributed by atoms with Gasteiger partial charge < -0.3 is 15.2 Å². The highest BCUT2D eigenvalue weighted by Gasteiger charge is 2.26. The minimum atomic E-state index is -1.24. The van der Waals surface area contributed by atoms with E-state index in [9.17, 15) is 14.7 Å². The lowest BCUT2D eigenvalue weighted by atomic mass is 10.1. The highest BCUT2D eigenvalue weighted by atomic mass is 32.1. The number of amides is 2. The smallest absolute Gasteiger partial charge is 0.268 e. The average Bonchev–Trinajstić information content (AvgIpc) is 3.09.